The molecule has 35 heavy (non-hydrogen) atoms. The van der Waals surface area contributed by atoms with Gasteiger partial charge in [-0.15, -0.1) is 0 Å². The summed E-state index contributed by atoms with van der Waals surface area (Å²) in [7, 11) is 0. The summed E-state index contributed by atoms with van der Waals surface area (Å²) >= 11 is 0. The van der Waals surface area contributed by atoms with Gasteiger partial charge in [0.05, 0.1) is 17.2 Å². The fourth-order valence-electron chi connectivity index (χ4n) is 5.80. The predicted molar refractivity (Wildman–Crippen MR) is 122 cm³/mol. The number of carbonyl (C=O) groups excluding carboxylic acids is 5. The van der Waals surface area contributed by atoms with E-state index in [2.05, 4.69) is 4.98 Å². The molecule has 0 bridgehead atoms. The van der Waals surface area contributed by atoms with Crippen LogP contribution in [0.15, 0.2) is 36.5 Å². The van der Waals surface area contributed by atoms with Gasteiger partial charge < -0.3 is 15.9 Å². The van der Waals surface area contributed by atoms with Crippen LogP contribution in [0.3, 0.4) is 0 Å². The zero-order chi connectivity index (χ0) is 25.1. The first-order chi connectivity index (χ1) is 16.6. The molecule has 178 valence electrons. The van der Waals surface area contributed by atoms with Gasteiger partial charge in [-0.05, 0) is 54.2 Å². The Morgan fingerprint density at radius 2 is 1.83 bits per heavy atom. The number of benzene rings is 1. The molecule has 0 aliphatic heterocycles. The molecule has 2 unspecified atom stereocenters. The topological polar surface area (TPSA) is 165 Å². The highest BCUT2D eigenvalue weighted by molar-refractivity contribution is 6.31. The van der Waals surface area contributed by atoms with Gasteiger partial charge in [-0.3, -0.25) is 29.0 Å². The van der Waals surface area contributed by atoms with E-state index in [-0.39, 0.29) is 30.6 Å². The van der Waals surface area contributed by atoms with Gasteiger partial charge in [0.1, 0.15) is 5.75 Å². The first-order valence-corrected chi connectivity index (χ1v) is 11.3. The highest BCUT2D eigenvalue weighted by Gasteiger charge is 2.66. The van der Waals surface area contributed by atoms with Gasteiger partial charge in [0.2, 0.25) is 5.91 Å². The molecular formula is C26H22N2O7. The molecule has 4 N–H and O–H groups in total. The number of nitrogens with zero attached hydrogens (tertiary/aromatic N) is 1. The van der Waals surface area contributed by atoms with E-state index in [0.29, 0.717) is 16.8 Å². The van der Waals surface area contributed by atoms with Gasteiger partial charge in [0, 0.05) is 18.5 Å². The molecule has 3 aliphatic carbocycles. The number of pyridine rings is 1. The number of aromatic hydroxyl groups is 1. The summed E-state index contributed by atoms with van der Waals surface area (Å²) in [5, 5.41) is 21.7. The highest BCUT2D eigenvalue weighted by Crippen LogP contribution is 2.50. The number of ketones is 4. The van der Waals surface area contributed by atoms with Gasteiger partial charge in [0.15, 0.2) is 34.7 Å². The Balaban J connectivity index is 1.56. The van der Waals surface area contributed by atoms with Crippen LogP contribution in [0.1, 0.15) is 40.0 Å². The first kappa shape index (κ1) is 22.8. The number of phenols is 1. The zero-order valence-electron chi connectivity index (χ0n) is 18.5. The first-order valence-electron chi connectivity index (χ1n) is 11.3. The minimum absolute atomic E-state index is 0.0318. The SMILES string of the molecule is NC(=O)C1C(=O)C[C@@H]2C[C@@H]3Cc4c(C=Cc5ccccn5)ccc(O)c4C(=O)C3C(=O)[C@]2(O)C1=O. The number of rotatable bonds is 3. The second kappa shape index (κ2) is 8.06. The van der Waals surface area contributed by atoms with Crippen molar-refractivity contribution in [1.82, 2.24) is 4.98 Å². The quantitative estimate of drug-likeness (QED) is 0.552. The predicted octanol–water partition coefficient (Wildman–Crippen LogP) is 0.892. The Morgan fingerprint density at radius 3 is 2.51 bits per heavy atom. The lowest BCUT2D eigenvalue weighted by molar-refractivity contribution is -0.175. The van der Waals surface area contributed by atoms with Crippen molar-refractivity contribution in [3.63, 3.8) is 0 Å². The van der Waals surface area contributed by atoms with E-state index in [0.717, 1.165) is 0 Å². The molecule has 1 heterocycles. The maximum absolute atomic E-state index is 13.5. The Morgan fingerprint density at radius 1 is 1.06 bits per heavy atom. The summed E-state index contributed by atoms with van der Waals surface area (Å²) in [5.41, 5.74) is 4.41. The van der Waals surface area contributed by atoms with E-state index in [1.165, 1.54) is 6.07 Å². The van der Waals surface area contributed by atoms with Crippen LogP contribution in [-0.4, -0.2) is 49.8 Å². The van der Waals surface area contributed by atoms with Gasteiger partial charge in [-0.2, -0.15) is 0 Å². The third kappa shape index (κ3) is 3.34. The van der Waals surface area contributed by atoms with Crippen LogP contribution in [0.4, 0.5) is 0 Å². The molecular weight excluding hydrogens is 452 g/mol. The zero-order valence-corrected chi connectivity index (χ0v) is 18.5. The van der Waals surface area contributed by atoms with Crippen molar-refractivity contribution in [2.24, 2.45) is 29.4 Å². The number of hydrogen-bond acceptors (Lipinski definition) is 8. The minimum Gasteiger partial charge on any atom is -0.507 e. The van der Waals surface area contributed by atoms with E-state index in [1.807, 2.05) is 12.1 Å². The van der Waals surface area contributed by atoms with Crippen LogP contribution >= 0.6 is 0 Å². The number of phenolic OH excluding ortho intramolecular Hbond substituents is 1. The Bertz CT molecular complexity index is 1330. The van der Waals surface area contributed by atoms with Crippen molar-refractivity contribution < 1.29 is 34.2 Å². The molecule has 2 fully saturated rings. The molecule has 2 aromatic rings. The number of hydrogen-bond donors (Lipinski definition) is 3. The number of amides is 1. The Kier molecular flexibility index (Phi) is 5.25. The molecule has 3 aliphatic rings. The number of carbonyl (C=O) groups is 5. The highest BCUT2D eigenvalue weighted by atomic mass is 16.3. The molecule has 5 atom stereocenters. The average molecular weight is 474 g/mol. The maximum atomic E-state index is 13.5. The smallest absolute Gasteiger partial charge is 0.235 e. The van der Waals surface area contributed by atoms with E-state index in [4.69, 9.17) is 5.73 Å². The summed E-state index contributed by atoms with van der Waals surface area (Å²) in [5.74, 6) is -10.2. The molecule has 9 nitrogen and oxygen atoms in total. The van der Waals surface area contributed by atoms with Gasteiger partial charge >= 0.3 is 0 Å². The third-order valence-electron chi connectivity index (χ3n) is 7.44. The second-order valence-electron chi connectivity index (χ2n) is 9.35. The van der Waals surface area contributed by atoms with Gasteiger partial charge in [0.25, 0.3) is 0 Å². The fraction of sp³-hybridized carbons (Fsp3) is 0.308. The molecule has 1 aromatic carbocycles. The van der Waals surface area contributed by atoms with Crippen LogP contribution in [-0.2, 0) is 25.6 Å². The third-order valence-corrected chi connectivity index (χ3v) is 7.44. The summed E-state index contributed by atoms with van der Waals surface area (Å²) in [6.07, 6.45) is 5.08. The maximum Gasteiger partial charge on any atom is 0.235 e. The summed E-state index contributed by atoms with van der Waals surface area (Å²) in [4.78, 5) is 68.3. The molecule has 9 heteroatoms. The minimum atomic E-state index is -2.64. The molecule has 0 spiro atoms. The summed E-state index contributed by atoms with van der Waals surface area (Å²) < 4.78 is 0. The van der Waals surface area contributed by atoms with Gasteiger partial charge in [-0.1, -0.05) is 18.2 Å². The van der Waals surface area contributed by atoms with Gasteiger partial charge in [-0.25, -0.2) is 0 Å². The molecule has 1 amide bonds. The van der Waals surface area contributed by atoms with Crippen molar-refractivity contribution in [2.45, 2.75) is 24.9 Å². The van der Waals surface area contributed by atoms with E-state index in [9.17, 15) is 34.2 Å². The van der Waals surface area contributed by atoms with Crippen molar-refractivity contribution >= 4 is 41.2 Å². The fourth-order valence-corrected chi connectivity index (χ4v) is 5.80. The van der Waals surface area contributed by atoms with Crippen molar-refractivity contribution in [3.8, 4) is 5.75 Å². The Labute approximate surface area is 199 Å². The summed E-state index contributed by atoms with van der Waals surface area (Å²) in [6.45, 7) is 0. The number of fused-ring (bicyclic) bond motifs is 3. The molecule has 1 aromatic heterocycles. The van der Waals surface area contributed by atoms with Crippen LogP contribution in [0, 0.1) is 23.7 Å². The normalized spacial score (nSPS) is 30.1. The Hall–Kier alpha value is -3.98. The molecule has 0 saturated heterocycles. The van der Waals surface area contributed by atoms with Crippen LogP contribution < -0.4 is 5.73 Å². The largest absolute Gasteiger partial charge is 0.507 e. The monoisotopic (exact) mass is 474 g/mol. The van der Waals surface area contributed by atoms with Crippen molar-refractivity contribution in [2.75, 3.05) is 0 Å². The second-order valence-corrected chi connectivity index (χ2v) is 9.35. The van der Waals surface area contributed by atoms with Crippen LogP contribution in [0.25, 0.3) is 12.2 Å². The lowest BCUT2D eigenvalue weighted by Crippen LogP contribution is -2.68. The number of aliphatic hydroxyl groups is 1. The number of Topliss-reactive ketones (excluding diaryl/α,β-unsaturated/α-hetero) is 4. The van der Waals surface area contributed by atoms with E-state index in [1.54, 1.807) is 30.5 Å². The van der Waals surface area contributed by atoms with E-state index < -0.39 is 58.3 Å². The number of primary amides is 1. The van der Waals surface area contributed by atoms with Crippen LogP contribution in [0.2, 0.25) is 0 Å². The lowest BCUT2D eigenvalue weighted by Gasteiger charge is -2.48. The lowest BCUT2D eigenvalue weighted by atomic mass is 9.53. The number of aromatic nitrogens is 1. The molecule has 2 saturated carbocycles. The summed E-state index contributed by atoms with van der Waals surface area (Å²) in [6, 6.07) is 8.44. The molecule has 0 radical (unpaired) electrons. The molecule has 5 rings (SSSR count). The van der Waals surface area contributed by atoms with Crippen molar-refractivity contribution in [3.05, 3.63) is 58.9 Å². The van der Waals surface area contributed by atoms with Crippen LogP contribution in [0.5, 0.6) is 5.75 Å². The average Bonchev–Trinajstić information content (AvgIpc) is 2.81. The standard InChI is InChI=1S/C26H22N2O7/c27-25(34)21-18(30)11-14-9-13-10-16-12(4-6-15-3-1-2-8-28-15)5-7-17(29)20(16)22(31)19(13)23(32)26(14,35)24(21)33/h1-8,13-14,19,21,29,35H,9-11H2,(H2,27,34)/t13-,14+,19?,21?,26+/m1/s1. The van der Waals surface area contributed by atoms with Crippen molar-refractivity contribution in [1.29, 1.82) is 0 Å². The van der Waals surface area contributed by atoms with E-state index >= 15 is 0 Å². The number of nitrogens with two attached hydrogens (primary N) is 1.